The molecule has 26 heavy (non-hydrogen) atoms. The lowest BCUT2D eigenvalue weighted by molar-refractivity contribution is 0.100. The monoisotopic (exact) mass is 390 g/mol. The number of hydrogen-bond donors (Lipinski definition) is 4. The molecule has 1 aliphatic rings. The van der Waals surface area contributed by atoms with Crippen LogP contribution < -0.4 is 5.73 Å². The molecule has 3 aromatic rings. The van der Waals surface area contributed by atoms with Gasteiger partial charge in [0.15, 0.2) is 0 Å². The zero-order chi connectivity index (χ0) is 18.5. The molecule has 1 fully saturated rings. The first kappa shape index (κ1) is 17.6. The van der Waals surface area contributed by atoms with E-state index in [1.807, 2.05) is 12.3 Å². The first-order valence-corrected chi connectivity index (χ1v) is 11.3. The number of aromatic amines is 1. The number of nitrogens with one attached hydrogen (secondary N) is 1. The molecule has 0 unspecified atom stereocenters. The van der Waals surface area contributed by atoms with Crippen LogP contribution in [0.3, 0.4) is 0 Å². The fourth-order valence-corrected chi connectivity index (χ4v) is 6.01. The van der Waals surface area contributed by atoms with Gasteiger partial charge in [-0.3, -0.25) is 13.9 Å². The number of carbonyl (C=O) groups is 1. The number of carbonyl (C=O) groups excluding carboxylic acids is 1. The molecule has 0 radical (unpaired) electrons. The lowest BCUT2D eigenvalue weighted by Gasteiger charge is -2.39. The maximum absolute atomic E-state index is 12.0. The highest BCUT2D eigenvalue weighted by Crippen LogP contribution is 2.49. The Kier molecular flexibility index (Phi) is 4.35. The van der Waals surface area contributed by atoms with E-state index in [0.717, 1.165) is 40.4 Å². The van der Waals surface area contributed by atoms with Gasteiger partial charge in [0.25, 0.3) is 5.91 Å². The van der Waals surface area contributed by atoms with Gasteiger partial charge in [0.05, 0.1) is 11.1 Å². The average Bonchev–Trinajstić information content (AvgIpc) is 3.20. The number of rotatable bonds is 3. The largest absolute Gasteiger partial charge is 0.366 e. The Balaban J connectivity index is 1.83. The lowest BCUT2D eigenvalue weighted by atomic mass is 9.91. The van der Waals surface area contributed by atoms with Crippen LogP contribution in [0.5, 0.6) is 0 Å². The molecular formula is C19H22N2O3S2. The molecule has 0 aliphatic carbocycles. The highest BCUT2D eigenvalue weighted by molar-refractivity contribution is 8.24. The van der Waals surface area contributed by atoms with E-state index >= 15 is 0 Å². The normalized spacial score (nSPS) is 18.9. The van der Waals surface area contributed by atoms with Crippen molar-refractivity contribution in [2.24, 2.45) is 5.73 Å². The summed E-state index contributed by atoms with van der Waals surface area (Å²) in [5, 5.41) is 3.09. The van der Waals surface area contributed by atoms with E-state index in [9.17, 15) is 13.9 Å². The highest BCUT2D eigenvalue weighted by Gasteiger charge is 2.27. The summed E-state index contributed by atoms with van der Waals surface area (Å²) in [7, 11) is -2.41. The number of aryl methyl sites for hydroxylation is 1. The molecule has 1 amide bonds. The van der Waals surface area contributed by atoms with Crippen LogP contribution in [-0.2, 0) is 0 Å². The minimum Gasteiger partial charge on any atom is -0.366 e. The van der Waals surface area contributed by atoms with Gasteiger partial charge in [-0.25, -0.2) is 0 Å². The van der Waals surface area contributed by atoms with Crippen molar-refractivity contribution >= 4 is 38.7 Å². The molecule has 138 valence electrons. The predicted molar refractivity (Wildman–Crippen MR) is 109 cm³/mol. The Bertz CT molecular complexity index is 980. The SMILES string of the molecule is Cc1cc(-c2cc(C(N)=O)c3[nH]cc(C4CCS(O)(O)CC4)c3c2)cs1. The number of fused-ring (bicyclic) bond motifs is 1. The quantitative estimate of drug-likeness (QED) is 0.510. The molecule has 2 aromatic heterocycles. The van der Waals surface area contributed by atoms with Crippen molar-refractivity contribution in [3.8, 4) is 11.1 Å². The molecule has 1 aliphatic heterocycles. The molecule has 5 nitrogen and oxygen atoms in total. The smallest absolute Gasteiger partial charge is 0.250 e. The van der Waals surface area contributed by atoms with Crippen molar-refractivity contribution in [1.82, 2.24) is 4.98 Å². The molecule has 1 aromatic carbocycles. The summed E-state index contributed by atoms with van der Waals surface area (Å²) < 4.78 is 19.8. The van der Waals surface area contributed by atoms with Crippen LogP contribution in [0.1, 0.15) is 39.6 Å². The molecule has 0 atom stereocenters. The Labute approximate surface area is 157 Å². The van der Waals surface area contributed by atoms with Gasteiger partial charge in [0.2, 0.25) is 0 Å². The summed E-state index contributed by atoms with van der Waals surface area (Å²) in [5.74, 6) is 0.686. The second-order valence-corrected chi connectivity index (χ2v) is 10.5. The van der Waals surface area contributed by atoms with Crippen LogP contribution in [-0.4, -0.2) is 31.5 Å². The van der Waals surface area contributed by atoms with Crippen LogP contribution in [0.2, 0.25) is 0 Å². The molecule has 1 saturated heterocycles. The van der Waals surface area contributed by atoms with Crippen molar-refractivity contribution in [3.05, 3.63) is 45.8 Å². The minimum absolute atomic E-state index is 0.254. The second kappa shape index (κ2) is 6.42. The van der Waals surface area contributed by atoms with Gasteiger partial charge in [0.1, 0.15) is 0 Å². The summed E-state index contributed by atoms with van der Waals surface area (Å²) in [6.07, 6.45) is 3.42. The summed E-state index contributed by atoms with van der Waals surface area (Å²) in [6.45, 7) is 2.06. The zero-order valence-electron chi connectivity index (χ0n) is 14.5. The molecule has 3 heterocycles. The highest BCUT2D eigenvalue weighted by atomic mass is 32.3. The molecule has 0 bridgehead atoms. The van der Waals surface area contributed by atoms with Gasteiger partial charge in [-0.1, -0.05) is 0 Å². The van der Waals surface area contributed by atoms with Crippen molar-refractivity contribution in [2.45, 2.75) is 25.7 Å². The molecular weight excluding hydrogens is 368 g/mol. The van der Waals surface area contributed by atoms with E-state index in [0.29, 0.717) is 17.1 Å². The van der Waals surface area contributed by atoms with Gasteiger partial charge >= 0.3 is 0 Å². The van der Waals surface area contributed by atoms with Gasteiger partial charge in [-0.2, -0.15) is 10.6 Å². The van der Waals surface area contributed by atoms with Crippen LogP contribution >= 0.6 is 21.9 Å². The number of aromatic nitrogens is 1. The number of nitrogens with two attached hydrogens (primary N) is 1. The van der Waals surface area contributed by atoms with Gasteiger partial charge in [-0.15, -0.1) is 11.3 Å². The van der Waals surface area contributed by atoms with Gasteiger partial charge in [0, 0.05) is 28.0 Å². The predicted octanol–water partition coefficient (Wildman–Crippen LogP) is 4.93. The maximum Gasteiger partial charge on any atom is 0.250 e. The number of thiophene rings is 1. The van der Waals surface area contributed by atoms with Crippen LogP contribution in [0.4, 0.5) is 0 Å². The fraction of sp³-hybridized carbons (Fsp3) is 0.316. The molecule has 7 heteroatoms. The Morgan fingerprint density at radius 1 is 1.23 bits per heavy atom. The Morgan fingerprint density at radius 2 is 1.96 bits per heavy atom. The van der Waals surface area contributed by atoms with Crippen molar-refractivity contribution < 1.29 is 13.9 Å². The number of amides is 1. The van der Waals surface area contributed by atoms with Crippen molar-refractivity contribution in [2.75, 3.05) is 11.5 Å². The first-order valence-electron chi connectivity index (χ1n) is 8.58. The molecule has 5 N–H and O–H groups in total. The zero-order valence-corrected chi connectivity index (χ0v) is 16.1. The van der Waals surface area contributed by atoms with Gasteiger partial charge < -0.3 is 10.7 Å². The van der Waals surface area contributed by atoms with Crippen LogP contribution in [0, 0.1) is 6.92 Å². The lowest BCUT2D eigenvalue weighted by Crippen LogP contribution is -2.19. The maximum atomic E-state index is 12.0. The standard InChI is InChI=1S/C19H22N2O3S2/c1-11-6-14(10-25-11)13-7-15-17(12-2-4-26(23,24)5-3-12)9-21-18(15)16(8-13)19(20)22/h6-10,12,21,23-24H,2-5H2,1H3,(H2,20,22). The van der Waals surface area contributed by atoms with E-state index in [1.165, 1.54) is 4.88 Å². The van der Waals surface area contributed by atoms with E-state index in [-0.39, 0.29) is 5.92 Å². The third-order valence-electron chi connectivity index (χ3n) is 5.18. The van der Waals surface area contributed by atoms with Crippen LogP contribution in [0.15, 0.2) is 29.8 Å². The third kappa shape index (κ3) is 3.16. The summed E-state index contributed by atoms with van der Waals surface area (Å²) in [5.41, 5.74) is 10.1. The summed E-state index contributed by atoms with van der Waals surface area (Å²) in [4.78, 5) is 16.5. The molecule has 0 spiro atoms. The summed E-state index contributed by atoms with van der Waals surface area (Å²) >= 11 is 1.68. The van der Waals surface area contributed by atoms with Gasteiger partial charge in [-0.05, 0) is 66.0 Å². The Morgan fingerprint density at radius 3 is 2.58 bits per heavy atom. The van der Waals surface area contributed by atoms with E-state index < -0.39 is 16.5 Å². The topological polar surface area (TPSA) is 99.3 Å². The van der Waals surface area contributed by atoms with E-state index in [2.05, 4.69) is 29.4 Å². The summed E-state index contributed by atoms with van der Waals surface area (Å²) in [6, 6.07) is 6.07. The first-order chi connectivity index (χ1) is 12.3. The minimum atomic E-state index is -2.41. The third-order valence-corrected chi connectivity index (χ3v) is 7.82. The van der Waals surface area contributed by atoms with Crippen molar-refractivity contribution in [1.29, 1.82) is 0 Å². The average molecular weight is 391 g/mol. The number of hydrogen-bond acceptors (Lipinski definition) is 4. The number of primary amides is 1. The number of benzene rings is 1. The fourth-order valence-electron chi connectivity index (χ4n) is 3.77. The number of H-pyrrole nitrogens is 1. The van der Waals surface area contributed by atoms with E-state index in [1.54, 1.807) is 11.3 Å². The molecule has 0 saturated carbocycles. The Hall–Kier alpha value is -1.80. The van der Waals surface area contributed by atoms with E-state index in [4.69, 9.17) is 5.73 Å². The van der Waals surface area contributed by atoms with Crippen LogP contribution in [0.25, 0.3) is 22.0 Å². The van der Waals surface area contributed by atoms with Crippen molar-refractivity contribution in [3.63, 3.8) is 0 Å². The molecule has 4 rings (SSSR count). The second-order valence-electron chi connectivity index (χ2n) is 6.99.